The van der Waals surface area contributed by atoms with Crippen molar-refractivity contribution in [2.24, 2.45) is 0 Å². The van der Waals surface area contributed by atoms with E-state index in [2.05, 4.69) is 0 Å². The third kappa shape index (κ3) is 1.91. The van der Waals surface area contributed by atoms with Gasteiger partial charge in [0, 0.05) is 19.3 Å². The molecule has 0 spiro atoms. The Balaban J connectivity index is 2.22. The standard InChI is InChI=1S/C12H12O4/c13-10-6-7-12(16-10,11(14)15)8-9-4-2-1-3-5-9/h1-5H,6-8H2,(H,14,15)/t12-/m0/s1/i13+2,16+2. The lowest BCUT2D eigenvalue weighted by atomic mass is 9.93. The summed E-state index contributed by atoms with van der Waals surface area (Å²) >= 11 is 0. The van der Waals surface area contributed by atoms with E-state index < -0.39 is 17.5 Å². The monoisotopic (exact) mass is 224 g/mol. The van der Waals surface area contributed by atoms with Gasteiger partial charge in [0.25, 0.3) is 0 Å². The molecular formula is C12H12O4. The second-order valence-electron chi connectivity index (χ2n) is 3.94. The molecule has 1 atom stereocenters. The minimum atomic E-state index is -1.36. The molecule has 1 aliphatic rings. The molecular weight excluding hydrogens is 212 g/mol. The van der Waals surface area contributed by atoms with Crippen LogP contribution < -0.4 is 0 Å². The van der Waals surface area contributed by atoms with Crippen LogP contribution in [0.1, 0.15) is 18.4 Å². The van der Waals surface area contributed by atoms with E-state index in [1.165, 1.54) is 0 Å². The lowest BCUT2D eigenvalue weighted by Gasteiger charge is -2.22. The Morgan fingerprint density at radius 3 is 2.62 bits per heavy atom. The van der Waals surface area contributed by atoms with Crippen LogP contribution in [0.25, 0.3) is 0 Å². The number of cyclic esters (lactones) is 1. The fourth-order valence-electron chi connectivity index (χ4n) is 1.90. The van der Waals surface area contributed by atoms with Crippen LogP contribution in [-0.4, -0.2) is 22.6 Å². The Bertz CT molecular complexity index is 412. The van der Waals surface area contributed by atoms with Crippen LogP contribution in [-0.2, 0) is 20.7 Å². The van der Waals surface area contributed by atoms with Crippen LogP contribution in [0.2, 0.25) is 0 Å². The highest BCUT2D eigenvalue weighted by atomic mass is 18.4. The summed E-state index contributed by atoms with van der Waals surface area (Å²) in [7, 11) is 0. The van der Waals surface area contributed by atoms with Gasteiger partial charge < -0.3 is 9.84 Å². The molecule has 1 aromatic carbocycles. The van der Waals surface area contributed by atoms with E-state index in [-0.39, 0.29) is 19.3 Å². The SMILES string of the molecule is O=C(O)[C@@]1(Cc2ccccc2)CCC(=[18O])[18O]1. The summed E-state index contributed by atoms with van der Waals surface area (Å²) in [6.07, 6.45) is 0.657. The van der Waals surface area contributed by atoms with Crippen molar-refractivity contribution in [2.75, 3.05) is 0 Å². The fourth-order valence-corrected chi connectivity index (χ4v) is 1.90. The first-order valence-electron chi connectivity index (χ1n) is 5.12. The predicted molar refractivity (Wildman–Crippen MR) is 55.8 cm³/mol. The number of benzene rings is 1. The Labute approximate surface area is 92.8 Å². The van der Waals surface area contributed by atoms with Crippen molar-refractivity contribution in [3.8, 4) is 0 Å². The zero-order chi connectivity index (χ0) is 11.6. The lowest BCUT2D eigenvalue weighted by molar-refractivity contribution is -0.169. The Hall–Kier alpha value is -1.84. The van der Waals surface area contributed by atoms with Gasteiger partial charge in [0.1, 0.15) is 0 Å². The third-order valence-electron chi connectivity index (χ3n) is 2.76. The molecule has 1 heterocycles. The normalized spacial score (nSPS) is 24.1. The molecule has 0 saturated carbocycles. The molecule has 0 bridgehead atoms. The molecule has 1 N–H and O–H groups in total. The van der Waals surface area contributed by atoms with E-state index in [0.29, 0.717) is 0 Å². The van der Waals surface area contributed by atoms with E-state index >= 15 is 0 Å². The van der Waals surface area contributed by atoms with Crippen LogP contribution in [0.4, 0.5) is 0 Å². The smallest absolute Gasteiger partial charge is 0.348 e. The molecule has 16 heavy (non-hydrogen) atoms. The van der Waals surface area contributed by atoms with Crippen LogP contribution >= 0.6 is 0 Å². The number of rotatable bonds is 3. The van der Waals surface area contributed by atoms with Crippen molar-refractivity contribution in [1.82, 2.24) is 0 Å². The minimum Gasteiger partial charge on any atom is -0.478 e. The van der Waals surface area contributed by atoms with Gasteiger partial charge in [-0.1, -0.05) is 30.3 Å². The van der Waals surface area contributed by atoms with Crippen LogP contribution in [0.15, 0.2) is 30.3 Å². The maximum absolute atomic E-state index is 11.2. The maximum Gasteiger partial charge on any atom is 0.348 e. The molecule has 0 radical (unpaired) electrons. The van der Waals surface area contributed by atoms with Crippen molar-refractivity contribution >= 4 is 11.9 Å². The van der Waals surface area contributed by atoms with E-state index in [4.69, 9.17) is 9.84 Å². The molecule has 4 heteroatoms. The highest BCUT2D eigenvalue weighted by molar-refractivity contribution is 5.85. The molecule has 1 aromatic rings. The molecule has 1 saturated heterocycles. The average molecular weight is 224 g/mol. The van der Waals surface area contributed by atoms with Crippen molar-refractivity contribution in [1.29, 1.82) is 0 Å². The Morgan fingerprint density at radius 1 is 1.44 bits per heavy atom. The second-order valence-corrected chi connectivity index (χ2v) is 3.94. The van der Waals surface area contributed by atoms with Gasteiger partial charge in [0.05, 0.1) is 0 Å². The summed E-state index contributed by atoms with van der Waals surface area (Å²) in [5.41, 5.74) is -0.502. The molecule has 4 nitrogen and oxygen atoms in total. The first-order valence-corrected chi connectivity index (χ1v) is 5.12. The number of carboxylic acid groups (broad SMARTS) is 1. The highest BCUT2D eigenvalue weighted by Gasteiger charge is 2.47. The summed E-state index contributed by atoms with van der Waals surface area (Å²) in [4.78, 5) is 22.3. The molecule has 1 fully saturated rings. The number of esters is 1. The van der Waals surface area contributed by atoms with Gasteiger partial charge in [0.15, 0.2) is 0 Å². The number of carbonyl (C=O) groups excluding carboxylic acids is 1. The number of carbonyl (C=O) groups is 2. The number of hydrogen-bond acceptors (Lipinski definition) is 3. The molecule has 1 aliphatic heterocycles. The third-order valence-corrected chi connectivity index (χ3v) is 2.76. The molecule has 0 unspecified atom stereocenters. The lowest BCUT2D eigenvalue weighted by Crippen LogP contribution is -2.40. The van der Waals surface area contributed by atoms with Crippen molar-refractivity contribution in [3.05, 3.63) is 35.9 Å². The number of ether oxygens (including phenoxy) is 1. The first kappa shape index (κ1) is 10.7. The van der Waals surface area contributed by atoms with Gasteiger partial charge in [-0.3, -0.25) is 4.79 Å². The summed E-state index contributed by atoms with van der Waals surface area (Å²) < 4.78 is 4.98. The minimum absolute atomic E-state index is 0.180. The number of hydrogen-bond donors (Lipinski definition) is 1. The summed E-state index contributed by atoms with van der Waals surface area (Å²) in [6, 6.07) is 9.19. The van der Waals surface area contributed by atoms with Crippen molar-refractivity contribution in [2.45, 2.75) is 24.9 Å². The second kappa shape index (κ2) is 3.96. The molecule has 2 rings (SSSR count). The van der Waals surface area contributed by atoms with Crippen LogP contribution in [0.5, 0.6) is 0 Å². The van der Waals surface area contributed by atoms with Gasteiger partial charge in [-0.15, -0.1) is 0 Å². The topological polar surface area (TPSA) is 63.6 Å². The van der Waals surface area contributed by atoms with Crippen molar-refractivity contribution in [3.63, 3.8) is 0 Å². The van der Waals surface area contributed by atoms with E-state index in [1.807, 2.05) is 30.3 Å². The highest BCUT2D eigenvalue weighted by Crippen LogP contribution is 2.30. The van der Waals surface area contributed by atoms with Gasteiger partial charge >= 0.3 is 11.9 Å². The number of aliphatic carboxylic acids is 1. The largest absolute Gasteiger partial charge is 0.478 e. The van der Waals surface area contributed by atoms with Gasteiger partial charge in [-0.25, -0.2) is 4.79 Å². The quantitative estimate of drug-likeness (QED) is 0.622. The van der Waals surface area contributed by atoms with E-state index in [9.17, 15) is 9.59 Å². The van der Waals surface area contributed by atoms with E-state index in [0.717, 1.165) is 5.56 Å². The molecule has 0 aliphatic carbocycles. The molecule has 0 amide bonds. The van der Waals surface area contributed by atoms with E-state index in [1.54, 1.807) is 0 Å². The van der Waals surface area contributed by atoms with Gasteiger partial charge in [0.2, 0.25) is 5.60 Å². The Morgan fingerprint density at radius 2 is 2.12 bits per heavy atom. The summed E-state index contributed by atoms with van der Waals surface area (Å²) in [5, 5.41) is 9.17. The molecule has 0 aromatic heterocycles. The Kier molecular flexibility index (Phi) is 2.64. The van der Waals surface area contributed by atoms with Gasteiger partial charge in [-0.2, -0.15) is 0 Å². The number of carboxylic acids is 1. The summed E-state index contributed by atoms with van der Waals surface area (Å²) in [6.45, 7) is 0. The van der Waals surface area contributed by atoms with Crippen molar-refractivity contribution < 1.29 is 19.4 Å². The first-order chi connectivity index (χ1) is 7.62. The molecule has 84 valence electrons. The fraction of sp³-hybridized carbons (Fsp3) is 0.333. The van der Waals surface area contributed by atoms with Crippen LogP contribution in [0, 0.1) is 0 Å². The van der Waals surface area contributed by atoms with Gasteiger partial charge in [-0.05, 0) is 5.56 Å². The average Bonchev–Trinajstić information content (AvgIpc) is 2.63. The zero-order valence-electron chi connectivity index (χ0n) is 8.68. The summed E-state index contributed by atoms with van der Waals surface area (Å²) in [5.74, 6) is -1.50. The van der Waals surface area contributed by atoms with Crippen LogP contribution in [0.3, 0.4) is 0 Å². The maximum atomic E-state index is 11.2. The zero-order valence-corrected chi connectivity index (χ0v) is 8.68. The predicted octanol–water partition coefficient (Wildman–Crippen LogP) is 1.39.